The molecule has 160 valence electrons. The minimum absolute atomic E-state index is 0.677. The zero-order chi connectivity index (χ0) is 22.5. The first-order valence-corrected chi connectivity index (χ1v) is 11.1. The Hall–Kier alpha value is -4.77. The van der Waals surface area contributed by atoms with Crippen LogP contribution < -0.4 is 0 Å². The van der Waals surface area contributed by atoms with Gasteiger partial charge in [-0.05, 0) is 35.0 Å². The Morgan fingerprint density at radius 1 is 0.618 bits per heavy atom. The molecule has 0 saturated heterocycles. The minimum atomic E-state index is 0.677. The lowest BCUT2D eigenvalue weighted by Gasteiger charge is -2.03. The second kappa shape index (κ2) is 7.39. The molecule has 0 atom stereocenters. The molecule has 0 fully saturated rings. The first kappa shape index (κ1) is 18.8. The third-order valence-electron chi connectivity index (χ3n) is 6.17. The Kier molecular flexibility index (Phi) is 4.08. The summed E-state index contributed by atoms with van der Waals surface area (Å²) >= 11 is 0. The zero-order valence-electron chi connectivity index (χ0n) is 18.1. The summed E-state index contributed by atoms with van der Waals surface area (Å²) in [5.41, 5.74) is 4.98. The molecule has 0 aliphatic carbocycles. The van der Waals surface area contributed by atoms with Crippen LogP contribution in [0.25, 0.3) is 61.0 Å². The molecule has 0 N–H and O–H groups in total. The zero-order valence-corrected chi connectivity index (χ0v) is 18.1. The number of hydrogen-bond donors (Lipinski definition) is 0. The summed E-state index contributed by atoms with van der Waals surface area (Å²) in [4.78, 5) is 0. The van der Waals surface area contributed by atoms with Crippen LogP contribution in [0.4, 0.5) is 0 Å². The van der Waals surface area contributed by atoms with Gasteiger partial charge in [0.05, 0.1) is 11.1 Å². The molecule has 7 aromatic rings. The lowest BCUT2D eigenvalue weighted by atomic mass is 10.1. The van der Waals surface area contributed by atoms with Crippen LogP contribution in [0.1, 0.15) is 0 Å². The van der Waals surface area contributed by atoms with Crippen molar-refractivity contribution in [2.45, 2.75) is 0 Å². The molecular weight excluding hydrogens is 420 g/mol. The van der Waals surface area contributed by atoms with E-state index in [1.54, 1.807) is 0 Å². The second-order valence-corrected chi connectivity index (χ2v) is 8.24. The maximum atomic E-state index is 6.29. The number of para-hydroxylation sites is 1. The average Bonchev–Trinajstić information content (AvgIpc) is 3.54. The van der Waals surface area contributed by atoms with Gasteiger partial charge in [-0.25, -0.2) is 4.68 Å². The molecule has 0 spiro atoms. The molecule has 0 saturated carbocycles. The van der Waals surface area contributed by atoms with Crippen molar-refractivity contribution in [1.29, 1.82) is 0 Å². The Morgan fingerprint density at radius 3 is 2.21 bits per heavy atom. The standard InChI is InChI=1S/C29H18N4O/c1-3-10-20(11-4-1)27-29-24(18-33(32-29)21-12-5-2-6-13-21)28(31-30-27)26-17-23-22-14-8-7-9-19(22)15-16-25(23)34-26/h1-18H. The molecule has 0 radical (unpaired) electrons. The molecule has 7 rings (SSSR count). The lowest BCUT2D eigenvalue weighted by Crippen LogP contribution is -1.94. The molecule has 3 heterocycles. The van der Waals surface area contributed by atoms with E-state index >= 15 is 0 Å². The highest BCUT2D eigenvalue weighted by Gasteiger charge is 2.20. The van der Waals surface area contributed by atoms with Crippen LogP contribution in [0.5, 0.6) is 0 Å². The van der Waals surface area contributed by atoms with E-state index in [4.69, 9.17) is 9.52 Å². The fraction of sp³-hybridized carbons (Fsp3) is 0. The van der Waals surface area contributed by atoms with Crippen LogP contribution in [0.2, 0.25) is 0 Å². The monoisotopic (exact) mass is 438 g/mol. The van der Waals surface area contributed by atoms with Crippen molar-refractivity contribution in [2.75, 3.05) is 0 Å². The molecule has 3 aromatic heterocycles. The summed E-state index contributed by atoms with van der Waals surface area (Å²) in [5.74, 6) is 0.677. The lowest BCUT2D eigenvalue weighted by molar-refractivity contribution is 0.628. The number of fused-ring (bicyclic) bond motifs is 4. The van der Waals surface area contributed by atoms with Gasteiger partial charge in [-0.15, -0.1) is 10.2 Å². The van der Waals surface area contributed by atoms with Crippen molar-refractivity contribution in [3.8, 4) is 28.4 Å². The Labute approximate surface area is 194 Å². The van der Waals surface area contributed by atoms with E-state index in [1.165, 1.54) is 5.39 Å². The van der Waals surface area contributed by atoms with Gasteiger partial charge in [0.2, 0.25) is 0 Å². The molecule has 4 aromatic carbocycles. The van der Waals surface area contributed by atoms with Crippen LogP contribution >= 0.6 is 0 Å². The van der Waals surface area contributed by atoms with E-state index in [1.807, 2.05) is 89.7 Å². The first-order chi connectivity index (χ1) is 16.8. The normalized spacial score (nSPS) is 11.5. The molecule has 0 amide bonds. The van der Waals surface area contributed by atoms with E-state index in [0.717, 1.165) is 44.2 Å². The predicted octanol–water partition coefficient (Wildman–Crippen LogP) is 7.05. The summed E-state index contributed by atoms with van der Waals surface area (Å²) in [6.07, 6.45) is 2.01. The molecular formula is C29H18N4O. The van der Waals surface area contributed by atoms with Crippen molar-refractivity contribution >= 4 is 32.6 Å². The topological polar surface area (TPSA) is 56.7 Å². The van der Waals surface area contributed by atoms with Gasteiger partial charge in [0.15, 0.2) is 5.76 Å². The third-order valence-corrected chi connectivity index (χ3v) is 6.17. The van der Waals surface area contributed by atoms with Crippen molar-refractivity contribution in [2.24, 2.45) is 0 Å². The summed E-state index contributed by atoms with van der Waals surface area (Å²) in [6, 6.07) is 34.6. The van der Waals surface area contributed by atoms with Crippen LogP contribution in [0.15, 0.2) is 114 Å². The van der Waals surface area contributed by atoms with Crippen LogP contribution in [0, 0.1) is 0 Å². The van der Waals surface area contributed by atoms with Crippen LogP contribution in [0.3, 0.4) is 0 Å². The molecule has 0 unspecified atom stereocenters. The van der Waals surface area contributed by atoms with Gasteiger partial charge >= 0.3 is 0 Å². The predicted molar refractivity (Wildman–Crippen MR) is 135 cm³/mol. The summed E-state index contributed by atoms with van der Waals surface area (Å²) < 4.78 is 8.17. The molecule has 0 bridgehead atoms. The van der Waals surface area contributed by atoms with E-state index in [0.29, 0.717) is 11.5 Å². The van der Waals surface area contributed by atoms with E-state index < -0.39 is 0 Å². The van der Waals surface area contributed by atoms with Gasteiger partial charge < -0.3 is 4.42 Å². The molecule has 0 aliphatic heterocycles. The third kappa shape index (κ3) is 2.91. The second-order valence-electron chi connectivity index (χ2n) is 8.24. The SMILES string of the molecule is c1ccc(-c2nnc(-c3cc4c(ccc5ccccc54)o3)c3cn(-c4ccccc4)nc23)cc1. The summed E-state index contributed by atoms with van der Waals surface area (Å²) in [5, 5.41) is 18.4. The van der Waals surface area contributed by atoms with Gasteiger partial charge in [0, 0.05) is 17.1 Å². The van der Waals surface area contributed by atoms with Crippen LogP contribution in [-0.2, 0) is 0 Å². The van der Waals surface area contributed by atoms with Crippen molar-refractivity contribution < 1.29 is 4.42 Å². The number of nitrogens with zero attached hydrogens (tertiary/aromatic N) is 4. The molecule has 5 heteroatoms. The average molecular weight is 438 g/mol. The highest BCUT2D eigenvalue weighted by Crippen LogP contribution is 2.36. The molecule has 34 heavy (non-hydrogen) atoms. The van der Waals surface area contributed by atoms with E-state index in [-0.39, 0.29) is 0 Å². The number of rotatable bonds is 3. The molecule has 0 aliphatic rings. The van der Waals surface area contributed by atoms with Gasteiger partial charge in [-0.2, -0.15) is 5.10 Å². The van der Waals surface area contributed by atoms with Gasteiger partial charge in [-0.3, -0.25) is 0 Å². The van der Waals surface area contributed by atoms with Crippen LogP contribution in [-0.4, -0.2) is 20.0 Å². The number of benzene rings is 4. The van der Waals surface area contributed by atoms with Crippen molar-refractivity contribution in [3.05, 3.63) is 109 Å². The maximum absolute atomic E-state index is 6.29. The fourth-order valence-electron chi connectivity index (χ4n) is 4.52. The summed E-state index contributed by atoms with van der Waals surface area (Å²) in [6.45, 7) is 0. The largest absolute Gasteiger partial charge is 0.454 e. The number of aromatic nitrogens is 4. The minimum Gasteiger partial charge on any atom is -0.454 e. The van der Waals surface area contributed by atoms with Crippen molar-refractivity contribution in [3.63, 3.8) is 0 Å². The maximum Gasteiger partial charge on any atom is 0.156 e. The van der Waals surface area contributed by atoms with Crippen molar-refractivity contribution in [1.82, 2.24) is 20.0 Å². The molecule has 5 nitrogen and oxygen atoms in total. The Bertz CT molecular complexity index is 1800. The quantitative estimate of drug-likeness (QED) is 0.297. The first-order valence-electron chi connectivity index (χ1n) is 11.1. The van der Waals surface area contributed by atoms with E-state index in [9.17, 15) is 0 Å². The smallest absolute Gasteiger partial charge is 0.156 e. The number of furan rings is 1. The summed E-state index contributed by atoms with van der Waals surface area (Å²) in [7, 11) is 0. The van der Waals surface area contributed by atoms with Gasteiger partial charge in [-0.1, -0.05) is 78.9 Å². The van der Waals surface area contributed by atoms with Gasteiger partial charge in [0.1, 0.15) is 22.5 Å². The van der Waals surface area contributed by atoms with E-state index in [2.05, 4.69) is 34.5 Å². The highest BCUT2D eigenvalue weighted by atomic mass is 16.3. The Morgan fingerprint density at radius 2 is 1.35 bits per heavy atom. The highest BCUT2D eigenvalue weighted by molar-refractivity contribution is 6.08. The fourth-order valence-corrected chi connectivity index (χ4v) is 4.52. The number of hydrogen-bond acceptors (Lipinski definition) is 4. The van der Waals surface area contributed by atoms with Gasteiger partial charge in [0.25, 0.3) is 0 Å². The Balaban J connectivity index is 1.50.